The molecule has 1 saturated heterocycles. The number of anilines is 1. The number of carbonyl (C=O) groups excluding carboxylic acids is 1. The normalized spacial score (nSPS) is 24.4. The summed E-state index contributed by atoms with van der Waals surface area (Å²) in [4.78, 5) is 19.5. The van der Waals surface area contributed by atoms with E-state index in [0.29, 0.717) is 12.4 Å². The Hall–Kier alpha value is -1.20. The molecule has 5 nitrogen and oxygen atoms in total. The Morgan fingerprint density at radius 3 is 3.12 bits per heavy atom. The minimum Gasteiger partial charge on any atom is -0.365 e. The van der Waals surface area contributed by atoms with Gasteiger partial charge >= 0.3 is 0 Å². The van der Waals surface area contributed by atoms with Crippen molar-refractivity contribution in [1.29, 1.82) is 0 Å². The Labute approximate surface area is 98.2 Å². The van der Waals surface area contributed by atoms with Crippen LogP contribution < -0.4 is 5.32 Å². The second kappa shape index (κ2) is 4.35. The van der Waals surface area contributed by atoms with Crippen molar-refractivity contribution in [3.05, 3.63) is 17.5 Å². The van der Waals surface area contributed by atoms with E-state index in [9.17, 15) is 4.79 Å². The smallest absolute Gasteiger partial charge is 0.257 e. The topological polar surface area (TPSA) is 64.1 Å². The third-order valence-corrected chi connectivity index (χ3v) is 2.75. The lowest BCUT2D eigenvalue weighted by Crippen LogP contribution is -2.39. The fraction of sp³-hybridized carbons (Fsp3) is 0.500. The van der Waals surface area contributed by atoms with Crippen molar-refractivity contribution in [2.75, 3.05) is 11.9 Å². The van der Waals surface area contributed by atoms with E-state index in [4.69, 9.17) is 16.3 Å². The molecule has 0 spiro atoms. The van der Waals surface area contributed by atoms with Crippen molar-refractivity contribution in [1.82, 2.24) is 9.97 Å². The van der Waals surface area contributed by atoms with Crippen LogP contribution in [0.3, 0.4) is 0 Å². The van der Waals surface area contributed by atoms with Gasteiger partial charge in [-0.25, -0.2) is 9.97 Å². The van der Waals surface area contributed by atoms with Crippen LogP contribution in [0.5, 0.6) is 0 Å². The van der Waals surface area contributed by atoms with Crippen LogP contribution in [0.2, 0.25) is 5.28 Å². The number of hydrogen-bond acceptors (Lipinski definition) is 4. The maximum Gasteiger partial charge on any atom is 0.257 e. The van der Waals surface area contributed by atoms with Crippen molar-refractivity contribution in [2.45, 2.75) is 25.4 Å². The van der Waals surface area contributed by atoms with Gasteiger partial charge in [0.25, 0.3) is 5.91 Å². The monoisotopic (exact) mass is 241 g/mol. The number of nitrogens with one attached hydrogen (secondary N) is 1. The average Bonchev–Trinajstić information content (AvgIpc) is 2.66. The van der Waals surface area contributed by atoms with Crippen molar-refractivity contribution in [3.63, 3.8) is 0 Å². The molecule has 1 aliphatic rings. The molecule has 1 unspecified atom stereocenters. The maximum atomic E-state index is 11.9. The van der Waals surface area contributed by atoms with Crippen LogP contribution in [0.1, 0.15) is 19.8 Å². The molecular weight excluding hydrogens is 230 g/mol. The molecule has 0 aliphatic carbocycles. The summed E-state index contributed by atoms with van der Waals surface area (Å²) >= 11 is 5.62. The molecule has 16 heavy (non-hydrogen) atoms. The first kappa shape index (κ1) is 11.3. The number of amides is 1. The number of hydrogen-bond donors (Lipinski definition) is 1. The lowest BCUT2D eigenvalue weighted by atomic mass is 10.0. The Morgan fingerprint density at radius 1 is 1.69 bits per heavy atom. The van der Waals surface area contributed by atoms with Gasteiger partial charge in [-0.2, -0.15) is 0 Å². The molecule has 1 amide bonds. The van der Waals surface area contributed by atoms with Gasteiger partial charge < -0.3 is 10.1 Å². The number of aromatic nitrogens is 2. The molecule has 1 N–H and O–H groups in total. The summed E-state index contributed by atoms with van der Waals surface area (Å²) in [5.41, 5.74) is -0.753. The highest BCUT2D eigenvalue weighted by atomic mass is 35.5. The van der Waals surface area contributed by atoms with E-state index in [1.807, 2.05) is 0 Å². The standard InChI is InChI=1S/C10H12ClN3O2/c1-10(4-2-6-16-10)8(15)13-7-3-5-12-9(11)14-7/h3,5H,2,4,6H2,1H3,(H,12,13,14,15). The van der Waals surface area contributed by atoms with Crippen molar-refractivity contribution in [3.8, 4) is 0 Å². The summed E-state index contributed by atoms with van der Waals surface area (Å²) in [5, 5.41) is 2.77. The predicted molar refractivity (Wildman–Crippen MR) is 59.3 cm³/mol. The molecular formula is C10H12ClN3O2. The minimum absolute atomic E-state index is 0.107. The van der Waals surface area contributed by atoms with E-state index >= 15 is 0 Å². The van der Waals surface area contributed by atoms with Crippen molar-refractivity contribution < 1.29 is 9.53 Å². The molecule has 0 bridgehead atoms. The molecule has 1 fully saturated rings. The van der Waals surface area contributed by atoms with E-state index in [1.54, 1.807) is 13.0 Å². The lowest BCUT2D eigenvalue weighted by molar-refractivity contribution is -0.133. The van der Waals surface area contributed by atoms with Gasteiger partial charge in [-0.05, 0) is 37.4 Å². The molecule has 2 heterocycles. The molecule has 6 heteroatoms. The summed E-state index contributed by atoms with van der Waals surface area (Å²) in [6.07, 6.45) is 3.11. The third kappa shape index (κ3) is 2.31. The molecule has 0 radical (unpaired) electrons. The van der Waals surface area contributed by atoms with Crippen LogP contribution in [0.15, 0.2) is 12.3 Å². The van der Waals surface area contributed by atoms with E-state index < -0.39 is 5.60 Å². The fourth-order valence-corrected chi connectivity index (χ4v) is 1.76. The van der Waals surface area contributed by atoms with Crippen LogP contribution in [0, 0.1) is 0 Å². The van der Waals surface area contributed by atoms with Crippen LogP contribution in [-0.4, -0.2) is 28.1 Å². The highest BCUT2D eigenvalue weighted by molar-refractivity contribution is 6.28. The van der Waals surface area contributed by atoms with Gasteiger partial charge in [0.1, 0.15) is 11.4 Å². The van der Waals surface area contributed by atoms with Gasteiger partial charge in [0.05, 0.1) is 0 Å². The Kier molecular flexibility index (Phi) is 3.07. The number of carbonyl (C=O) groups is 1. The maximum absolute atomic E-state index is 11.9. The SMILES string of the molecule is CC1(C(=O)Nc2ccnc(Cl)n2)CCCO1. The summed E-state index contributed by atoms with van der Waals surface area (Å²) < 4.78 is 5.42. The van der Waals surface area contributed by atoms with E-state index in [2.05, 4.69) is 15.3 Å². The number of halogens is 1. The molecule has 1 aromatic heterocycles. The summed E-state index contributed by atoms with van der Waals surface area (Å²) in [6.45, 7) is 2.40. The number of nitrogens with zero attached hydrogens (tertiary/aromatic N) is 2. The second-order valence-electron chi connectivity index (χ2n) is 3.85. The zero-order valence-electron chi connectivity index (χ0n) is 8.86. The van der Waals surface area contributed by atoms with Crippen LogP contribution in [-0.2, 0) is 9.53 Å². The fourth-order valence-electron chi connectivity index (χ4n) is 1.61. The quantitative estimate of drug-likeness (QED) is 0.800. The third-order valence-electron chi connectivity index (χ3n) is 2.57. The molecule has 0 saturated carbocycles. The first-order chi connectivity index (χ1) is 7.60. The summed E-state index contributed by atoms with van der Waals surface area (Å²) in [7, 11) is 0. The molecule has 0 aromatic carbocycles. The highest BCUT2D eigenvalue weighted by Gasteiger charge is 2.37. The Morgan fingerprint density at radius 2 is 2.50 bits per heavy atom. The molecule has 86 valence electrons. The number of ether oxygens (including phenoxy) is 1. The molecule has 1 aromatic rings. The van der Waals surface area contributed by atoms with Crippen LogP contribution >= 0.6 is 11.6 Å². The summed E-state index contributed by atoms with van der Waals surface area (Å²) in [5.74, 6) is 0.196. The number of rotatable bonds is 2. The molecule has 1 atom stereocenters. The van der Waals surface area contributed by atoms with Crippen LogP contribution in [0.4, 0.5) is 5.82 Å². The highest BCUT2D eigenvalue weighted by Crippen LogP contribution is 2.26. The van der Waals surface area contributed by atoms with Gasteiger partial charge in [0.2, 0.25) is 5.28 Å². The largest absolute Gasteiger partial charge is 0.365 e. The van der Waals surface area contributed by atoms with Crippen LogP contribution in [0.25, 0.3) is 0 Å². The van der Waals surface area contributed by atoms with Crippen molar-refractivity contribution in [2.24, 2.45) is 0 Å². The van der Waals surface area contributed by atoms with Gasteiger partial charge in [-0.3, -0.25) is 4.79 Å². The minimum atomic E-state index is -0.753. The van der Waals surface area contributed by atoms with Crippen molar-refractivity contribution >= 4 is 23.3 Å². The lowest BCUT2D eigenvalue weighted by Gasteiger charge is -2.21. The summed E-state index contributed by atoms with van der Waals surface area (Å²) in [6, 6.07) is 1.59. The molecule has 2 rings (SSSR count). The Bertz CT molecular complexity index is 405. The van der Waals surface area contributed by atoms with E-state index in [0.717, 1.165) is 12.8 Å². The van der Waals surface area contributed by atoms with Gasteiger partial charge in [0, 0.05) is 12.8 Å². The first-order valence-electron chi connectivity index (χ1n) is 5.04. The second-order valence-corrected chi connectivity index (χ2v) is 4.19. The zero-order chi connectivity index (χ0) is 11.6. The Balaban J connectivity index is 2.07. The molecule has 1 aliphatic heterocycles. The van der Waals surface area contributed by atoms with E-state index in [1.165, 1.54) is 6.20 Å². The van der Waals surface area contributed by atoms with E-state index in [-0.39, 0.29) is 11.2 Å². The average molecular weight is 242 g/mol. The predicted octanol–water partition coefficient (Wildman–Crippen LogP) is 1.64. The van der Waals surface area contributed by atoms with Gasteiger partial charge in [-0.15, -0.1) is 0 Å². The van der Waals surface area contributed by atoms with Gasteiger partial charge in [-0.1, -0.05) is 0 Å². The first-order valence-corrected chi connectivity index (χ1v) is 5.42. The zero-order valence-corrected chi connectivity index (χ0v) is 9.62. The van der Waals surface area contributed by atoms with Gasteiger partial charge in [0.15, 0.2) is 0 Å².